The summed E-state index contributed by atoms with van der Waals surface area (Å²) in [5.74, 6) is 0.755. The summed E-state index contributed by atoms with van der Waals surface area (Å²) in [6.45, 7) is 3.97. The molecule has 4 aromatic rings. The van der Waals surface area contributed by atoms with Crippen molar-refractivity contribution < 1.29 is 13.9 Å². The van der Waals surface area contributed by atoms with Gasteiger partial charge in [-0.05, 0) is 37.7 Å². The van der Waals surface area contributed by atoms with Crippen molar-refractivity contribution >= 4 is 34.6 Å². The second kappa shape index (κ2) is 9.23. The summed E-state index contributed by atoms with van der Waals surface area (Å²) in [4.78, 5) is 18.2. The molecule has 1 amide bonds. The molecule has 31 heavy (non-hydrogen) atoms. The molecule has 9 heteroatoms. The molecule has 0 radical (unpaired) electrons. The van der Waals surface area contributed by atoms with Crippen LogP contribution in [0.1, 0.15) is 16.3 Å². The van der Waals surface area contributed by atoms with Gasteiger partial charge in [0.1, 0.15) is 12.3 Å². The van der Waals surface area contributed by atoms with Crippen LogP contribution >= 0.6 is 23.6 Å². The monoisotopic (exact) mass is 452 g/mol. The van der Waals surface area contributed by atoms with Crippen molar-refractivity contribution in [3.63, 3.8) is 0 Å². The third kappa shape index (κ3) is 5.07. The average Bonchev–Trinajstić information content (AvgIpc) is 3.29. The summed E-state index contributed by atoms with van der Waals surface area (Å²) in [5, 5.41) is 7.59. The maximum absolute atomic E-state index is 12.5. The normalized spacial score (nSPS) is 10.8. The standard InChI is InChI=1S/C22H20N4O3S2/c1-14-8-6-7-11-17(14)28-13-19-25-26(22(30)29-19)12-18(27)23-21-24-20(15(2)31-21)16-9-4-3-5-10-16/h3-11H,12-13H2,1-2H3,(H,23,24,27). The van der Waals surface area contributed by atoms with Gasteiger partial charge in [0.2, 0.25) is 5.91 Å². The zero-order valence-electron chi connectivity index (χ0n) is 17.0. The van der Waals surface area contributed by atoms with Gasteiger partial charge in [0.15, 0.2) is 11.7 Å². The molecule has 0 aliphatic carbocycles. The second-order valence-corrected chi connectivity index (χ2v) is 8.36. The largest absolute Gasteiger partial charge is 0.484 e. The molecule has 0 aliphatic heterocycles. The molecule has 7 nitrogen and oxygen atoms in total. The summed E-state index contributed by atoms with van der Waals surface area (Å²) >= 11 is 6.61. The third-order valence-corrected chi connectivity index (χ3v) is 5.66. The number of aromatic nitrogens is 3. The van der Waals surface area contributed by atoms with Gasteiger partial charge in [-0.3, -0.25) is 4.79 Å². The van der Waals surface area contributed by atoms with E-state index in [-0.39, 0.29) is 23.9 Å². The number of carbonyl (C=O) groups excluding carboxylic acids is 1. The molecule has 0 atom stereocenters. The van der Waals surface area contributed by atoms with Crippen LogP contribution in [0.2, 0.25) is 0 Å². The van der Waals surface area contributed by atoms with Crippen LogP contribution in [-0.4, -0.2) is 20.7 Å². The molecular formula is C22H20N4O3S2. The van der Waals surface area contributed by atoms with E-state index in [1.165, 1.54) is 16.0 Å². The lowest BCUT2D eigenvalue weighted by atomic mass is 10.1. The topological polar surface area (TPSA) is 82.2 Å². The molecule has 0 saturated carbocycles. The van der Waals surface area contributed by atoms with Gasteiger partial charge < -0.3 is 14.5 Å². The minimum atomic E-state index is -0.288. The van der Waals surface area contributed by atoms with E-state index in [0.29, 0.717) is 11.0 Å². The van der Waals surface area contributed by atoms with Crippen LogP contribution in [0.15, 0.2) is 59.0 Å². The number of benzene rings is 2. The summed E-state index contributed by atoms with van der Waals surface area (Å²) in [7, 11) is 0. The number of nitrogens with one attached hydrogen (secondary N) is 1. The van der Waals surface area contributed by atoms with Gasteiger partial charge in [-0.1, -0.05) is 48.5 Å². The number of aryl methyl sites for hydroxylation is 2. The Labute approximate surface area is 188 Å². The maximum Gasteiger partial charge on any atom is 0.287 e. The molecule has 4 rings (SSSR count). The van der Waals surface area contributed by atoms with E-state index in [1.54, 1.807) is 0 Å². The lowest BCUT2D eigenvalue weighted by Gasteiger charge is -2.05. The Morgan fingerprint density at radius 2 is 1.90 bits per heavy atom. The minimum absolute atomic E-state index is 0.0774. The van der Waals surface area contributed by atoms with Gasteiger partial charge >= 0.3 is 0 Å². The van der Waals surface area contributed by atoms with Gasteiger partial charge in [-0.15, -0.1) is 16.4 Å². The van der Waals surface area contributed by atoms with E-state index < -0.39 is 0 Å². The predicted molar refractivity (Wildman–Crippen MR) is 122 cm³/mol. The van der Waals surface area contributed by atoms with Crippen LogP contribution < -0.4 is 10.1 Å². The molecule has 2 heterocycles. The highest BCUT2D eigenvalue weighted by atomic mass is 32.1. The van der Waals surface area contributed by atoms with Crippen molar-refractivity contribution in [1.82, 2.24) is 14.8 Å². The molecule has 2 aromatic carbocycles. The van der Waals surface area contributed by atoms with E-state index in [0.717, 1.165) is 27.4 Å². The van der Waals surface area contributed by atoms with Crippen LogP contribution in [0.4, 0.5) is 5.13 Å². The highest BCUT2D eigenvalue weighted by Gasteiger charge is 2.14. The molecule has 0 fully saturated rings. The lowest BCUT2D eigenvalue weighted by Crippen LogP contribution is -2.19. The first kappa shape index (κ1) is 21.0. The number of carbonyl (C=O) groups is 1. The van der Waals surface area contributed by atoms with Gasteiger partial charge in [-0.25, -0.2) is 9.67 Å². The Morgan fingerprint density at radius 3 is 2.68 bits per heavy atom. The molecule has 0 bridgehead atoms. The van der Waals surface area contributed by atoms with Crippen molar-refractivity contribution in [3.05, 3.63) is 75.8 Å². The number of amides is 1. The SMILES string of the molecule is Cc1ccccc1OCc1nn(CC(=O)Nc2nc(-c3ccccc3)c(C)s2)c(=S)o1. The fourth-order valence-corrected chi connectivity index (χ4v) is 4.03. The quantitative estimate of drug-likeness (QED) is 0.390. The van der Waals surface area contributed by atoms with Crippen LogP contribution in [0, 0.1) is 18.7 Å². The van der Waals surface area contributed by atoms with Crippen molar-refractivity contribution in [2.24, 2.45) is 0 Å². The first-order chi connectivity index (χ1) is 15.0. The zero-order chi connectivity index (χ0) is 21.8. The Balaban J connectivity index is 1.39. The summed E-state index contributed by atoms with van der Waals surface area (Å²) in [5.41, 5.74) is 2.87. The number of anilines is 1. The Kier molecular flexibility index (Phi) is 6.24. The number of hydrogen-bond donors (Lipinski definition) is 1. The molecule has 158 valence electrons. The Bertz CT molecular complexity index is 1260. The molecule has 1 N–H and O–H groups in total. The molecule has 0 aliphatic rings. The van der Waals surface area contributed by atoms with Crippen LogP contribution in [0.25, 0.3) is 11.3 Å². The highest BCUT2D eigenvalue weighted by molar-refractivity contribution is 7.71. The zero-order valence-corrected chi connectivity index (χ0v) is 18.6. The molecule has 2 aromatic heterocycles. The third-order valence-electron chi connectivity index (χ3n) is 4.48. The van der Waals surface area contributed by atoms with Gasteiger partial charge in [0.05, 0.1) is 5.69 Å². The number of nitrogens with zero attached hydrogens (tertiary/aromatic N) is 3. The van der Waals surface area contributed by atoms with E-state index in [4.69, 9.17) is 21.4 Å². The molecule has 0 saturated heterocycles. The smallest absolute Gasteiger partial charge is 0.287 e. The Hall–Kier alpha value is -3.30. The second-order valence-electron chi connectivity index (χ2n) is 6.81. The number of hydrogen-bond acceptors (Lipinski definition) is 7. The van der Waals surface area contributed by atoms with E-state index in [9.17, 15) is 4.79 Å². The van der Waals surface area contributed by atoms with Gasteiger partial charge in [0, 0.05) is 10.4 Å². The van der Waals surface area contributed by atoms with Crippen molar-refractivity contribution in [3.8, 4) is 17.0 Å². The van der Waals surface area contributed by atoms with E-state index >= 15 is 0 Å². The summed E-state index contributed by atoms with van der Waals surface area (Å²) < 4.78 is 12.5. The number of para-hydroxylation sites is 1. The highest BCUT2D eigenvalue weighted by Crippen LogP contribution is 2.30. The predicted octanol–water partition coefficient (Wildman–Crippen LogP) is 5.16. The maximum atomic E-state index is 12.5. The van der Waals surface area contributed by atoms with Gasteiger partial charge in [-0.2, -0.15) is 0 Å². The summed E-state index contributed by atoms with van der Waals surface area (Å²) in [6, 6.07) is 17.5. The first-order valence-electron chi connectivity index (χ1n) is 9.57. The number of rotatable bonds is 7. The first-order valence-corrected chi connectivity index (χ1v) is 10.8. The minimum Gasteiger partial charge on any atom is -0.484 e. The molecular weight excluding hydrogens is 432 g/mol. The van der Waals surface area contributed by atoms with Crippen LogP contribution in [-0.2, 0) is 17.9 Å². The van der Waals surface area contributed by atoms with Crippen molar-refractivity contribution in [2.75, 3.05) is 5.32 Å². The van der Waals surface area contributed by atoms with E-state index in [2.05, 4.69) is 15.4 Å². The van der Waals surface area contributed by atoms with Crippen LogP contribution in [0.3, 0.4) is 0 Å². The fourth-order valence-electron chi connectivity index (χ4n) is 2.97. The molecule has 0 unspecified atom stereocenters. The van der Waals surface area contributed by atoms with Crippen LogP contribution in [0.5, 0.6) is 5.75 Å². The van der Waals surface area contributed by atoms with Crippen molar-refractivity contribution in [1.29, 1.82) is 0 Å². The molecule has 0 spiro atoms. The number of ether oxygens (including phenoxy) is 1. The lowest BCUT2D eigenvalue weighted by molar-refractivity contribution is -0.117. The van der Waals surface area contributed by atoms with Crippen molar-refractivity contribution in [2.45, 2.75) is 27.0 Å². The fraction of sp³-hybridized carbons (Fsp3) is 0.182. The average molecular weight is 453 g/mol. The van der Waals surface area contributed by atoms with E-state index in [1.807, 2.05) is 68.4 Å². The summed E-state index contributed by atoms with van der Waals surface area (Å²) in [6.07, 6.45) is 0. The Morgan fingerprint density at radius 1 is 1.16 bits per heavy atom. The number of thiazole rings is 1. The van der Waals surface area contributed by atoms with Gasteiger partial charge in [0.25, 0.3) is 10.7 Å².